The molecule has 4 heteroatoms. The van der Waals surface area contributed by atoms with Gasteiger partial charge >= 0.3 is 0 Å². The molecule has 1 heterocycles. The first-order chi connectivity index (χ1) is 9.70. The molecule has 0 atom stereocenters. The summed E-state index contributed by atoms with van der Waals surface area (Å²) < 4.78 is 1.36. The summed E-state index contributed by atoms with van der Waals surface area (Å²) in [6.07, 6.45) is 3.72. The fourth-order valence-corrected chi connectivity index (χ4v) is 2.65. The van der Waals surface area contributed by atoms with Crippen LogP contribution >= 0.6 is 0 Å². The summed E-state index contributed by atoms with van der Waals surface area (Å²) in [7, 11) is 0. The summed E-state index contributed by atoms with van der Waals surface area (Å²) >= 11 is 0. The van der Waals surface area contributed by atoms with E-state index in [0.717, 1.165) is 42.5 Å². The number of benzene rings is 1. The summed E-state index contributed by atoms with van der Waals surface area (Å²) in [5.41, 5.74) is 3.54. The highest BCUT2D eigenvalue weighted by Crippen LogP contribution is 2.21. The van der Waals surface area contributed by atoms with Gasteiger partial charge in [0.25, 0.3) is 5.56 Å². The summed E-state index contributed by atoms with van der Waals surface area (Å²) in [6, 6.07) is 9.67. The fraction of sp³-hybridized carbons (Fsp3) is 0.312. The molecule has 4 nitrogen and oxygen atoms in total. The molecule has 1 aromatic carbocycles. The van der Waals surface area contributed by atoms with Crippen molar-refractivity contribution in [3.8, 4) is 11.8 Å². The number of fused-ring (bicyclic) bond motifs is 1. The SMILES string of the molecule is Cc1ccc(-n2nc3c(c(C#N)c2=O)CCCC3)cc1. The maximum atomic E-state index is 12.4. The van der Waals surface area contributed by atoms with Crippen LogP contribution in [0.1, 0.15) is 35.2 Å². The van der Waals surface area contributed by atoms with Crippen molar-refractivity contribution >= 4 is 0 Å². The maximum absolute atomic E-state index is 12.4. The van der Waals surface area contributed by atoms with Gasteiger partial charge in [-0.05, 0) is 50.3 Å². The van der Waals surface area contributed by atoms with E-state index in [1.165, 1.54) is 4.68 Å². The predicted octanol–water partition coefficient (Wildman–Crippen LogP) is 2.29. The van der Waals surface area contributed by atoms with E-state index < -0.39 is 0 Å². The third kappa shape index (κ3) is 2.01. The highest BCUT2D eigenvalue weighted by molar-refractivity contribution is 5.42. The Morgan fingerprint density at radius 2 is 1.90 bits per heavy atom. The molecule has 20 heavy (non-hydrogen) atoms. The second-order valence-electron chi connectivity index (χ2n) is 5.17. The summed E-state index contributed by atoms with van der Waals surface area (Å²) in [4.78, 5) is 12.4. The van der Waals surface area contributed by atoms with Crippen LogP contribution in [0.2, 0.25) is 0 Å². The molecule has 1 aromatic heterocycles. The van der Waals surface area contributed by atoms with Gasteiger partial charge in [0.05, 0.1) is 11.4 Å². The van der Waals surface area contributed by atoms with E-state index in [2.05, 4.69) is 11.2 Å². The minimum absolute atomic E-state index is 0.260. The van der Waals surface area contributed by atoms with E-state index in [4.69, 9.17) is 0 Å². The zero-order valence-electron chi connectivity index (χ0n) is 11.4. The van der Waals surface area contributed by atoms with Gasteiger partial charge in [-0.2, -0.15) is 15.0 Å². The molecule has 0 saturated heterocycles. The molecule has 0 amide bonds. The first-order valence-electron chi connectivity index (χ1n) is 6.83. The van der Waals surface area contributed by atoms with E-state index in [-0.39, 0.29) is 11.1 Å². The van der Waals surface area contributed by atoms with E-state index >= 15 is 0 Å². The molecule has 0 saturated carbocycles. The lowest BCUT2D eigenvalue weighted by Crippen LogP contribution is -2.28. The molecule has 0 radical (unpaired) electrons. The normalized spacial score (nSPS) is 13.6. The van der Waals surface area contributed by atoms with Gasteiger partial charge in [-0.3, -0.25) is 4.79 Å². The van der Waals surface area contributed by atoms with E-state index in [1.807, 2.05) is 31.2 Å². The average molecular weight is 265 g/mol. The van der Waals surface area contributed by atoms with Crippen molar-refractivity contribution in [2.75, 3.05) is 0 Å². The van der Waals surface area contributed by atoms with Gasteiger partial charge in [0, 0.05) is 0 Å². The minimum atomic E-state index is -0.308. The number of hydrogen-bond acceptors (Lipinski definition) is 3. The topological polar surface area (TPSA) is 58.7 Å². The second-order valence-corrected chi connectivity index (χ2v) is 5.17. The van der Waals surface area contributed by atoms with Crippen molar-refractivity contribution in [1.82, 2.24) is 9.78 Å². The first-order valence-corrected chi connectivity index (χ1v) is 6.83. The van der Waals surface area contributed by atoms with Crippen molar-refractivity contribution in [1.29, 1.82) is 5.26 Å². The number of nitrogens with zero attached hydrogens (tertiary/aromatic N) is 3. The monoisotopic (exact) mass is 265 g/mol. The molecule has 0 N–H and O–H groups in total. The highest BCUT2D eigenvalue weighted by Gasteiger charge is 2.20. The Morgan fingerprint density at radius 3 is 2.60 bits per heavy atom. The molecule has 2 aromatic rings. The lowest BCUT2D eigenvalue weighted by Gasteiger charge is -2.17. The van der Waals surface area contributed by atoms with Crippen LogP contribution in [0, 0.1) is 18.3 Å². The van der Waals surface area contributed by atoms with Crippen LogP contribution in [-0.4, -0.2) is 9.78 Å². The minimum Gasteiger partial charge on any atom is -0.266 e. The Balaban J connectivity index is 2.24. The highest BCUT2D eigenvalue weighted by atomic mass is 16.1. The molecular formula is C16H15N3O. The average Bonchev–Trinajstić information content (AvgIpc) is 2.48. The maximum Gasteiger partial charge on any atom is 0.289 e. The molecule has 0 bridgehead atoms. The van der Waals surface area contributed by atoms with Crippen LogP contribution in [0.4, 0.5) is 0 Å². The summed E-state index contributed by atoms with van der Waals surface area (Å²) in [5.74, 6) is 0. The predicted molar refractivity (Wildman–Crippen MR) is 75.9 cm³/mol. The van der Waals surface area contributed by atoms with Gasteiger partial charge in [-0.15, -0.1) is 0 Å². The van der Waals surface area contributed by atoms with Crippen molar-refractivity contribution in [2.24, 2.45) is 0 Å². The third-order valence-electron chi connectivity index (χ3n) is 3.76. The lowest BCUT2D eigenvalue weighted by molar-refractivity contribution is 0.627. The Hall–Kier alpha value is -2.41. The molecule has 3 rings (SSSR count). The summed E-state index contributed by atoms with van der Waals surface area (Å²) in [6.45, 7) is 1.99. The van der Waals surface area contributed by atoms with Crippen molar-refractivity contribution in [3.05, 3.63) is 57.0 Å². The van der Waals surface area contributed by atoms with Crippen molar-refractivity contribution in [2.45, 2.75) is 32.6 Å². The van der Waals surface area contributed by atoms with Crippen molar-refractivity contribution < 1.29 is 0 Å². The van der Waals surface area contributed by atoms with E-state index in [0.29, 0.717) is 5.69 Å². The molecule has 1 aliphatic rings. The third-order valence-corrected chi connectivity index (χ3v) is 3.76. The van der Waals surface area contributed by atoms with Crippen LogP contribution < -0.4 is 5.56 Å². The Kier molecular flexibility index (Phi) is 3.11. The standard InChI is InChI=1S/C16H15N3O/c1-11-6-8-12(9-7-11)19-16(20)14(10-17)13-4-2-3-5-15(13)18-19/h6-9H,2-5H2,1H3. The van der Waals surface area contributed by atoms with Gasteiger partial charge in [0.1, 0.15) is 11.6 Å². The Morgan fingerprint density at radius 1 is 1.20 bits per heavy atom. The molecule has 1 aliphatic carbocycles. The molecule has 0 spiro atoms. The lowest BCUT2D eigenvalue weighted by atomic mass is 9.93. The Labute approximate surface area is 117 Å². The van der Waals surface area contributed by atoms with Crippen molar-refractivity contribution in [3.63, 3.8) is 0 Å². The van der Waals surface area contributed by atoms with Gasteiger partial charge in [0.2, 0.25) is 0 Å². The van der Waals surface area contributed by atoms with Crippen LogP contribution in [0.25, 0.3) is 5.69 Å². The van der Waals surface area contributed by atoms with Crippen LogP contribution in [0.5, 0.6) is 0 Å². The summed E-state index contributed by atoms with van der Waals surface area (Å²) in [5, 5.41) is 13.8. The van der Waals surface area contributed by atoms with Gasteiger partial charge in [-0.1, -0.05) is 17.7 Å². The number of aromatic nitrogens is 2. The number of hydrogen-bond donors (Lipinski definition) is 0. The van der Waals surface area contributed by atoms with E-state index in [9.17, 15) is 10.1 Å². The molecule has 0 aliphatic heterocycles. The molecule has 100 valence electrons. The fourth-order valence-electron chi connectivity index (χ4n) is 2.65. The van der Waals surface area contributed by atoms with Crippen LogP contribution in [0.15, 0.2) is 29.1 Å². The number of nitriles is 1. The number of rotatable bonds is 1. The zero-order valence-corrected chi connectivity index (χ0v) is 11.4. The first kappa shape index (κ1) is 12.6. The van der Waals surface area contributed by atoms with Crippen LogP contribution in [0.3, 0.4) is 0 Å². The van der Waals surface area contributed by atoms with Gasteiger partial charge in [0.15, 0.2) is 0 Å². The molecule has 0 unspecified atom stereocenters. The molecular weight excluding hydrogens is 250 g/mol. The number of aryl methyl sites for hydroxylation is 2. The Bertz CT molecular complexity index is 751. The quantitative estimate of drug-likeness (QED) is 0.795. The van der Waals surface area contributed by atoms with Crippen LogP contribution in [-0.2, 0) is 12.8 Å². The molecule has 0 fully saturated rings. The van der Waals surface area contributed by atoms with E-state index in [1.54, 1.807) is 0 Å². The largest absolute Gasteiger partial charge is 0.289 e. The second kappa shape index (κ2) is 4.93. The van der Waals surface area contributed by atoms with Gasteiger partial charge in [-0.25, -0.2) is 0 Å². The zero-order chi connectivity index (χ0) is 14.1. The van der Waals surface area contributed by atoms with Gasteiger partial charge < -0.3 is 0 Å². The smallest absolute Gasteiger partial charge is 0.266 e.